The first kappa shape index (κ1) is 26.8. The van der Waals surface area contributed by atoms with Gasteiger partial charge in [-0.3, -0.25) is 0 Å². The van der Waals surface area contributed by atoms with Gasteiger partial charge in [-0.15, -0.1) is 0 Å². The van der Waals surface area contributed by atoms with Crippen LogP contribution in [0, 0.1) is 52.3 Å². The number of hydrogen-bond donors (Lipinski definition) is 2. The standard InChI is InChI=1S/C31H53NO4/c1-5-22-26-19-21(33)11-14-31(26,4)25-12-15-30(3)23(9-10-24(30)27(25)28(22)34)20(2)13-18-36-29(35)32-16-7-6-8-17-32/h20-28,33-34H,5-19H2,1-4H3/t20-,21-,22-,23-,24+,25+,26+,27?,28-,30?,31-/m1/s1. The van der Waals surface area contributed by atoms with Gasteiger partial charge in [-0.25, -0.2) is 4.79 Å². The fourth-order valence-electron chi connectivity index (χ4n) is 10.6. The van der Waals surface area contributed by atoms with Gasteiger partial charge in [0, 0.05) is 13.1 Å². The van der Waals surface area contributed by atoms with Crippen LogP contribution in [-0.4, -0.2) is 53.1 Å². The molecule has 2 N–H and O–H groups in total. The summed E-state index contributed by atoms with van der Waals surface area (Å²) >= 11 is 0. The predicted octanol–water partition coefficient (Wildman–Crippen LogP) is 6.26. The molecule has 206 valence electrons. The van der Waals surface area contributed by atoms with Crippen LogP contribution in [0.15, 0.2) is 0 Å². The van der Waals surface area contributed by atoms with E-state index in [1.807, 2.05) is 4.90 Å². The van der Waals surface area contributed by atoms with Gasteiger partial charge in [0.25, 0.3) is 0 Å². The molecule has 0 radical (unpaired) electrons. The summed E-state index contributed by atoms with van der Waals surface area (Å²) in [5.74, 6) is 3.53. The minimum atomic E-state index is -0.229. The Morgan fingerprint density at radius 1 is 0.972 bits per heavy atom. The van der Waals surface area contributed by atoms with Crippen LogP contribution >= 0.6 is 0 Å². The summed E-state index contributed by atoms with van der Waals surface area (Å²) in [6.07, 6.45) is 12.7. The minimum absolute atomic E-state index is 0.116. The van der Waals surface area contributed by atoms with Crippen molar-refractivity contribution in [2.45, 2.75) is 117 Å². The van der Waals surface area contributed by atoms with Crippen molar-refractivity contribution in [2.75, 3.05) is 19.7 Å². The number of carbonyl (C=O) groups excluding carboxylic acids is 1. The number of piperidine rings is 1. The van der Waals surface area contributed by atoms with Crippen molar-refractivity contribution < 1.29 is 19.7 Å². The number of fused-ring (bicyclic) bond motifs is 5. The molecule has 4 saturated carbocycles. The van der Waals surface area contributed by atoms with Crippen molar-refractivity contribution in [1.82, 2.24) is 4.90 Å². The van der Waals surface area contributed by atoms with Gasteiger partial charge >= 0.3 is 6.09 Å². The van der Waals surface area contributed by atoms with Crippen LogP contribution < -0.4 is 0 Å². The van der Waals surface area contributed by atoms with Gasteiger partial charge in [0.2, 0.25) is 0 Å². The molecule has 1 amide bonds. The number of hydrogen-bond acceptors (Lipinski definition) is 4. The van der Waals surface area contributed by atoms with Crippen LogP contribution in [0.4, 0.5) is 4.79 Å². The molecule has 5 nitrogen and oxygen atoms in total. The molecule has 0 spiro atoms. The molecule has 1 aliphatic heterocycles. The molecule has 5 fully saturated rings. The minimum Gasteiger partial charge on any atom is -0.449 e. The Kier molecular flexibility index (Phi) is 7.73. The summed E-state index contributed by atoms with van der Waals surface area (Å²) in [6.45, 7) is 11.9. The lowest BCUT2D eigenvalue weighted by Crippen LogP contribution is -2.62. The van der Waals surface area contributed by atoms with Crippen molar-refractivity contribution in [3.8, 4) is 0 Å². The van der Waals surface area contributed by atoms with Gasteiger partial charge in [-0.05, 0) is 123 Å². The highest BCUT2D eigenvalue weighted by Crippen LogP contribution is 2.69. The molecular weight excluding hydrogens is 450 g/mol. The second-order valence-corrected chi connectivity index (χ2v) is 14.0. The summed E-state index contributed by atoms with van der Waals surface area (Å²) in [6, 6.07) is 0. The van der Waals surface area contributed by atoms with Crippen molar-refractivity contribution in [2.24, 2.45) is 52.3 Å². The van der Waals surface area contributed by atoms with Crippen LogP contribution in [0.1, 0.15) is 105 Å². The summed E-state index contributed by atoms with van der Waals surface area (Å²) in [4.78, 5) is 14.4. The number of nitrogens with zero attached hydrogens (tertiary/aromatic N) is 1. The highest BCUT2D eigenvalue weighted by molar-refractivity contribution is 5.67. The second-order valence-electron chi connectivity index (χ2n) is 14.0. The molecule has 2 unspecified atom stereocenters. The summed E-state index contributed by atoms with van der Waals surface area (Å²) in [7, 11) is 0. The van der Waals surface area contributed by atoms with Gasteiger partial charge in [0.15, 0.2) is 0 Å². The molecule has 5 aliphatic rings. The van der Waals surface area contributed by atoms with Gasteiger partial charge in [-0.1, -0.05) is 34.1 Å². The second kappa shape index (κ2) is 10.4. The summed E-state index contributed by atoms with van der Waals surface area (Å²) in [5, 5.41) is 22.4. The van der Waals surface area contributed by atoms with Crippen LogP contribution in [0.5, 0.6) is 0 Å². The molecule has 11 atom stereocenters. The van der Waals surface area contributed by atoms with E-state index in [0.717, 1.165) is 58.0 Å². The zero-order chi connectivity index (χ0) is 25.7. The van der Waals surface area contributed by atoms with Gasteiger partial charge in [0.1, 0.15) is 0 Å². The van der Waals surface area contributed by atoms with Crippen molar-refractivity contribution in [3.63, 3.8) is 0 Å². The van der Waals surface area contributed by atoms with Crippen LogP contribution in [0.3, 0.4) is 0 Å². The maximum absolute atomic E-state index is 12.5. The molecule has 0 aromatic carbocycles. The third-order valence-electron chi connectivity index (χ3n) is 12.6. The fraction of sp³-hybridized carbons (Fsp3) is 0.968. The van der Waals surface area contributed by atoms with E-state index in [-0.39, 0.29) is 29.1 Å². The Morgan fingerprint density at radius 2 is 1.67 bits per heavy atom. The average molecular weight is 504 g/mol. The molecule has 0 aromatic rings. The number of ether oxygens (including phenoxy) is 1. The first-order chi connectivity index (χ1) is 17.2. The molecule has 1 heterocycles. The number of carbonyl (C=O) groups is 1. The largest absolute Gasteiger partial charge is 0.449 e. The van der Waals surface area contributed by atoms with E-state index in [4.69, 9.17) is 4.74 Å². The Bertz CT molecular complexity index is 783. The fourth-order valence-corrected chi connectivity index (χ4v) is 10.6. The molecule has 0 bridgehead atoms. The maximum Gasteiger partial charge on any atom is 0.409 e. The van der Waals surface area contributed by atoms with E-state index in [9.17, 15) is 15.0 Å². The first-order valence-corrected chi connectivity index (χ1v) is 15.5. The lowest BCUT2D eigenvalue weighted by Gasteiger charge is -2.64. The number of rotatable bonds is 5. The molecule has 0 aromatic heterocycles. The monoisotopic (exact) mass is 503 g/mol. The zero-order valence-corrected chi connectivity index (χ0v) is 23.5. The van der Waals surface area contributed by atoms with Crippen molar-refractivity contribution in [1.29, 1.82) is 0 Å². The predicted molar refractivity (Wildman–Crippen MR) is 142 cm³/mol. The Morgan fingerprint density at radius 3 is 2.39 bits per heavy atom. The van der Waals surface area contributed by atoms with Crippen LogP contribution in [-0.2, 0) is 4.74 Å². The molecule has 4 aliphatic carbocycles. The number of aliphatic hydroxyl groups is 2. The first-order valence-electron chi connectivity index (χ1n) is 15.5. The van der Waals surface area contributed by atoms with Gasteiger partial charge < -0.3 is 19.8 Å². The lowest BCUT2D eigenvalue weighted by atomic mass is 9.41. The van der Waals surface area contributed by atoms with E-state index < -0.39 is 0 Å². The topological polar surface area (TPSA) is 70.0 Å². The highest BCUT2D eigenvalue weighted by atomic mass is 16.6. The number of likely N-dealkylation sites (tertiary alicyclic amines) is 1. The quantitative estimate of drug-likeness (QED) is 0.464. The van der Waals surface area contributed by atoms with E-state index >= 15 is 0 Å². The molecular formula is C31H53NO4. The van der Waals surface area contributed by atoms with E-state index in [1.54, 1.807) is 0 Å². The maximum atomic E-state index is 12.5. The Hall–Kier alpha value is -0.810. The van der Waals surface area contributed by atoms with E-state index in [0.29, 0.717) is 48.0 Å². The average Bonchev–Trinajstić information content (AvgIpc) is 3.23. The van der Waals surface area contributed by atoms with Gasteiger partial charge in [0.05, 0.1) is 18.8 Å². The number of amides is 1. The molecule has 1 saturated heterocycles. The third kappa shape index (κ3) is 4.42. The normalized spacial score (nSPS) is 47.4. The third-order valence-corrected chi connectivity index (χ3v) is 12.6. The van der Waals surface area contributed by atoms with Crippen molar-refractivity contribution >= 4 is 6.09 Å². The molecule has 36 heavy (non-hydrogen) atoms. The van der Waals surface area contributed by atoms with Gasteiger partial charge in [-0.2, -0.15) is 0 Å². The zero-order valence-electron chi connectivity index (χ0n) is 23.5. The molecule has 5 rings (SSSR count). The lowest BCUT2D eigenvalue weighted by molar-refractivity contribution is -0.203. The Balaban J connectivity index is 1.26. The van der Waals surface area contributed by atoms with Crippen LogP contribution in [0.2, 0.25) is 0 Å². The van der Waals surface area contributed by atoms with E-state index in [1.165, 1.54) is 32.1 Å². The molecule has 5 heteroatoms. The SMILES string of the molecule is CC[C@H]1[C@@H](O)C2[C@@H]3CC[C@H]([C@H](C)CCOC(=O)N4CCCCC4)C3(C)CC[C@@H]2[C@@]2(C)CC[C@@H](O)C[C@@H]12. The van der Waals surface area contributed by atoms with Crippen molar-refractivity contribution in [3.05, 3.63) is 0 Å². The summed E-state index contributed by atoms with van der Waals surface area (Å²) in [5.41, 5.74) is 0.533. The van der Waals surface area contributed by atoms with Crippen LogP contribution in [0.25, 0.3) is 0 Å². The summed E-state index contributed by atoms with van der Waals surface area (Å²) < 4.78 is 5.72. The smallest absolute Gasteiger partial charge is 0.409 e. The van der Waals surface area contributed by atoms with E-state index in [2.05, 4.69) is 27.7 Å². The Labute approximate surface area is 219 Å². The highest BCUT2D eigenvalue weighted by Gasteiger charge is 2.64. The number of aliphatic hydroxyl groups excluding tert-OH is 2.